The molecule has 0 saturated carbocycles. The molecule has 0 radical (unpaired) electrons. The number of pyridine rings is 1. The quantitative estimate of drug-likeness (QED) is 0.596. The molecule has 2 rings (SSSR count). The standard InChI is InChI=1S/C19H25N3O5S/c1-14-10-17(23)11-15(2)22(14)13-19(24)20-12-16-4-6-18(7-5-16)28(25,26)21-8-9-27-3/h4-7,10-11,21H,8-9,12-13H2,1-3H3,(H,20,24). The van der Waals surface area contributed by atoms with Crippen molar-refractivity contribution in [2.45, 2.75) is 31.8 Å². The Morgan fingerprint density at radius 2 is 1.71 bits per heavy atom. The Morgan fingerprint density at radius 1 is 1.11 bits per heavy atom. The first kappa shape index (κ1) is 21.8. The number of carbonyl (C=O) groups excluding carboxylic acids is 1. The first-order chi connectivity index (χ1) is 13.2. The number of hydrogen-bond donors (Lipinski definition) is 2. The van der Waals surface area contributed by atoms with Crippen LogP contribution in [0.2, 0.25) is 0 Å². The summed E-state index contributed by atoms with van der Waals surface area (Å²) in [5.74, 6) is -0.201. The fraction of sp³-hybridized carbons (Fsp3) is 0.368. The first-order valence-corrected chi connectivity index (χ1v) is 10.2. The van der Waals surface area contributed by atoms with Crippen molar-refractivity contribution in [1.82, 2.24) is 14.6 Å². The van der Waals surface area contributed by atoms with E-state index in [0.29, 0.717) is 0 Å². The fourth-order valence-corrected chi connectivity index (χ4v) is 3.70. The summed E-state index contributed by atoms with van der Waals surface area (Å²) in [5, 5.41) is 2.80. The molecule has 0 saturated heterocycles. The smallest absolute Gasteiger partial charge is 0.240 e. The summed E-state index contributed by atoms with van der Waals surface area (Å²) in [6.07, 6.45) is 0. The van der Waals surface area contributed by atoms with E-state index >= 15 is 0 Å². The zero-order chi connectivity index (χ0) is 20.7. The number of rotatable bonds is 9. The molecule has 0 aliphatic rings. The minimum atomic E-state index is -3.58. The van der Waals surface area contributed by atoms with Crippen molar-refractivity contribution in [2.24, 2.45) is 0 Å². The van der Waals surface area contributed by atoms with E-state index in [0.717, 1.165) is 17.0 Å². The number of nitrogens with zero attached hydrogens (tertiary/aromatic N) is 1. The number of aromatic nitrogens is 1. The molecule has 0 aliphatic heterocycles. The van der Waals surface area contributed by atoms with E-state index < -0.39 is 10.0 Å². The van der Waals surface area contributed by atoms with Crippen LogP contribution in [-0.2, 0) is 32.6 Å². The van der Waals surface area contributed by atoms with Gasteiger partial charge in [0, 0.05) is 43.7 Å². The first-order valence-electron chi connectivity index (χ1n) is 8.75. The Labute approximate surface area is 164 Å². The predicted octanol–water partition coefficient (Wildman–Crippen LogP) is 0.706. The Balaban J connectivity index is 1.94. The number of hydrogen-bond acceptors (Lipinski definition) is 5. The average molecular weight is 407 g/mol. The van der Waals surface area contributed by atoms with Crippen LogP contribution in [-0.4, -0.2) is 39.2 Å². The number of ether oxygens (including phenoxy) is 1. The second-order valence-corrected chi connectivity index (χ2v) is 8.14. The van der Waals surface area contributed by atoms with Crippen LogP contribution >= 0.6 is 0 Å². The number of benzene rings is 1. The Hall–Kier alpha value is -2.49. The van der Waals surface area contributed by atoms with E-state index in [1.165, 1.54) is 31.4 Å². The molecule has 8 nitrogen and oxygen atoms in total. The van der Waals surface area contributed by atoms with Crippen molar-refractivity contribution in [3.05, 3.63) is 63.6 Å². The van der Waals surface area contributed by atoms with Gasteiger partial charge in [-0.2, -0.15) is 0 Å². The SMILES string of the molecule is COCCNS(=O)(=O)c1ccc(CNC(=O)Cn2c(C)cc(=O)cc2C)cc1. The van der Waals surface area contributed by atoms with Crippen LogP contribution in [0.15, 0.2) is 46.1 Å². The summed E-state index contributed by atoms with van der Waals surface area (Å²) in [7, 11) is -2.08. The molecule has 0 unspecified atom stereocenters. The molecule has 2 N–H and O–H groups in total. The van der Waals surface area contributed by atoms with Gasteiger partial charge in [0.05, 0.1) is 11.5 Å². The minimum Gasteiger partial charge on any atom is -0.383 e. The molecule has 1 aromatic carbocycles. The van der Waals surface area contributed by atoms with Crippen molar-refractivity contribution in [3.63, 3.8) is 0 Å². The second-order valence-electron chi connectivity index (χ2n) is 6.37. The van der Waals surface area contributed by atoms with Gasteiger partial charge in [0.2, 0.25) is 15.9 Å². The molecule has 0 fully saturated rings. The molecule has 0 atom stereocenters. The summed E-state index contributed by atoms with van der Waals surface area (Å²) >= 11 is 0. The third kappa shape index (κ3) is 6.01. The normalized spacial score (nSPS) is 11.4. The van der Waals surface area contributed by atoms with Crippen molar-refractivity contribution in [2.75, 3.05) is 20.3 Å². The third-order valence-corrected chi connectivity index (χ3v) is 5.65. The van der Waals surface area contributed by atoms with E-state index in [-0.39, 0.29) is 42.5 Å². The lowest BCUT2D eigenvalue weighted by Crippen LogP contribution is -2.29. The lowest BCUT2D eigenvalue weighted by molar-refractivity contribution is -0.121. The van der Waals surface area contributed by atoms with Crippen LogP contribution in [0.25, 0.3) is 0 Å². The molecule has 152 valence electrons. The van der Waals surface area contributed by atoms with Gasteiger partial charge >= 0.3 is 0 Å². The van der Waals surface area contributed by atoms with E-state index in [9.17, 15) is 18.0 Å². The van der Waals surface area contributed by atoms with Crippen LogP contribution < -0.4 is 15.5 Å². The maximum Gasteiger partial charge on any atom is 0.240 e. The molecular formula is C19H25N3O5S. The van der Waals surface area contributed by atoms with Crippen molar-refractivity contribution < 1.29 is 17.9 Å². The Morgan fingerprint density at radius 3 is 2.29 bits per heavy atom. The maximum atomic E-state index is 12.2. The van der Waals surface area contributed by atoms with Crippen LogP contribution in [0.4, 0.5) is 0 Å². The lowest BCUT2D eigenvalue weighted by Gasteiger charge is -2.14. The molecule has 28 heavy (non-hydrogen) atoms. The number of amides is 1. The van der Waals surface area contributed by atoms with E-state index in [1.807, 2.05) is 0 Å². The number of sulfonamides is 1. The number of nitrogens with one attached hydrogen (secondary N) is 2. The van der Waals surface area contributed by atoms with Crippen LogP contribution in [0, 0.1) is 13.8 Å². The Bertz CT molecular complexity index is 955. The summed E-state index contributed by atoms with van der Waals surface area (Å²) < 4.78 is 33.3. The number of methoxy groups -OCH3 is 1. The minimum absolute atomic E-state index is 0.0848. The fourth-order valence-electron chi connectivity index (χ4n) is 2.68. The summed E-state index contributed by atoms with van der Waals surface area (Å²) in [6.45, 7) is 4.42. The van der Waals surface area contributed by atoms with E-state index in [2.05, 4.69) is 10.0 Å². The molecule has 0 aliphatic carbocycles. The average Bonchev–Trinajstić information content (AvgIpc) is 2.63. The highest BCUT2D eigenvalue weighted by Gasteiger charge is 2.13. The topological polar surface area (TPSA) is 106 Å². The largest absolute Gasteiger partial charge is 0.383 e. The van der Waals surface area contributed by atoms with Crippen molar-refractivity contribution in [3.8, 4) is 0 Å². The second kappa shape index (κ2) is 9.63. The molecule has 1 heterocycles. The molecule has 1 amide bonds. The van der Waals surface area contributed by atoms with Gasteiger partial charge < -0.3 is 14.6 Å². The molecule has 0 spiro atoms. The Kier molecular flexibility index (Phi) is 7.50. The van der Waals surface area contributed by atoms with Crippen LogP contribution in [0.3, 0.4) is 0 Å². The molecule has 0 bridgehead atoms. The number of aryl methyl sites for hydroxylation is 2. The summed E-state index contributed by atoms with van der Waals surface area (Å²) in [5.41, 5.74) is 2.13. The molecule has 9 heteroatoms. The monoisotopic (exact) mass is 407 g/mol. The zero-order valence-electron chi connectivity index (χ0n) is 16.2. The van der Waals surface area contributed by atoms with Gasteiger partial charge in [-0.3, -0.25) is 9.59 Å². The number of carbonyl (C=O) groups is 1. The third-order valence-electron chi connectivity index (χ3n) is 4.18. The highest BCUT2D eigenvalue weighted by Crippen LogP contribution is 2.10. The van der Waals surface area contributed by atoms with Crippen molar-refractivity contribution in [1.29, 1.82) is 0 Å². The maximum absolute atomic E-state index is 12.2. The predicted molar refractivity (Wildman–Crippen MR) is 106 cm³/mol. The van der Waals surface area contributed by atoms with Gasteiger partial charge in [-0.1, -0.05) is 12.1 Å². The molecule has 2 aromatic rings. The van der Waals surface area contributed by atoms with Gasteiger partial charge in [0.25, 0.3) is 0 Å². The van der Waals surface area contributed by atoms with Gasteiger partial charge in [-0.05, 0) is 31.5 Å². The van der Waals surface area contributed by atoms with E-state index in [4.69, 9.17) is 4.74 Å². The van der Waals surface area contributed by atoms with Gasteiger partial charge in [0.15, 0.2) is 5.43 Å². The van der Waals surface area contributed by atoms with Crippen LogP contribution in [0.1, 0.15) is 17.0 Å². The summed E-state index contributed by atoms with van der Waals surface area (Å²) in [4.78, 5) is 23.8. The molecular weight excluding hydrogens is 382 g/mol. The highest BCUT2D eigenvalue weighted by atomic mass is 32.2. The van der Waals surface area contributed by atoms with Gasteiger partial charge in [-0.15, -0.1) is 0 Å². The zero-order valence-corrected chi connectivity index (χ0v) is 17.0. The van der Waals surface area contributed by atoms with Gasteiger partial charge in [-0.25, -0.2) is 13.1 Å². The van der Waals surface area contributed by atoms with E-state index in [1.54, 1.807) is 30.5 Å². The summed E-state index contributed by atoms with van der Waals surface area (Å²) in [6, 6.07) is 9.27. The lowest BCUT2D eigenvalue weighted by atomic mass is 10.2. The molecule has 1 aromatic heterocycles. The van der Waals surface area contributed by atoms with Gasteiger partial charge in [0.1, 0.15) is 6.54 Å². The highest BCUT2D eigenvalue weighted by molar-refractivity contribution is 7.89. The van der Waals surface area contributed by atoms with Crippen LogP contribution in [0.5, 0.6) is 0 Å². The van der Waals surface area contributed by atoms with Crippen molar-refractivity contribution >= 4 is 15.9 Å².